The van der Waals surface area contributed by atoms with E-state index in [9.17, 15) is 0 Å². The van der Waals surface area contributed by atoms with Crippen molar-refractivity contribution in [1.82, 2.24) is 4.90 Å². The molecule has 2 aliphatic rings. The minimum atomic E-state index is 0.457. The lowest BCUT2D eigenvalue weighted by molar-refractivity contribution is 0.213. The second kappa shape index (κ2) is 5.39. The molecule has 3 heteroatoms. The fraction of sp³-hybridized carbons (Fsp3) is 0.600. The molecule has 0 radical (unpaired) electrons. The molecule has 0 aromatic heterocycles. The molecule has 2 aliphatic heterocycles. The first kappa shape index (κ1) is 12.2. The molecule has 98 valence electrons. The fourth-order valence-corrected chi connectivity index (χ4v) is 2.33. The Morgan fingerprint density at radius 3 is 2.28 bits per heavy atom. The molecule has 0 amide bonds. The predicted octanol–water partition coefficient (Wildman–Crippen LogP) is 1.85. The van der Waals surface area contributed by atoms with Gasteiger partial charge < -0.3 is 9.47 Å². The van der Waals surface area contributed by atoms with Crippen LogP contribution in [0.5, 0.6) is 0 Å². The van der Waals surface area contributed by atoms with Crippen LogP contribution in [0.25, 0.3) is 0 Å². The summed E-state index contributed by atoms with van der Waals surface area (Å²) in [5.74, 6) is 0. The molecule has 0 aliphatic carbocycles. The summed E-state index contributed by atoms with van der Waals surface area (Å²) < 4.78 is 10.7. The third-order valence-corrected chi connectivity index (χ3v) is 3.53. The topological polar surface area (TPSA) is 28.3 Å². The standard InChI is InChI=1S/C15H21NO2/c1-2-12-4-3-5-13(6-12)7-16(8-14-10-17-14)9-15-11-18-15/h3-6,14-15H,2,7-11H2,1H3. The Hall–Kier alpha value is -0.900. The minimum Gasteiger partial charge on any atom is -0.372 e. The van der Waals surface area contributed by atoms with Gasteiger partial charge in [-0.1, -0.05) is 31.2 Å². The zero-order valence-corrected chi connectivity index (χ0v) is 11.0. The average Bonchev–Trinajstić information content (AvgIpc) is 3.25. The zero-order chi connectivity index (χ0) is 12.4. The zero-order valence-electron chi connectivity index (χ0n) is 11.0. The molecule has 1 aromatic rings. The molecule has 2 fully saturated rings. The Kier molecular flexibility index (Phi) is 3.64. The normalized spacial score (nSPS) is 25.4. The van der Waals surface area contributed by atoms with Crippen molar-refractivity contribution in [3.05, 3.63) is 35.4 Å². The summed E-state index contributed by atoms with van der Waals surface area (Å²) in [6.45, 7) is 7.14. The maximum atomic E-state index is 5.34. The summed E-state index contributed by atoms with van der Waals surface area (Å²) >= 11 is 0. The van der Waals surface area contributed by atoms with Gasteiger partial charge in [-0.2, -0.15) is 0 Å². The number of benzene rings is 1. The van der Waals surface area contributed by atoms with Crippen LogP contribution >= 0.6 is 0 Å². The highest BCUT2D eigenvalue weighted by atomic mass is 16.6. The van der Waals surface area contributed by atoms with E-state index in [1.165, 1.54) is 11.1 Å². The van der Waals surface area contributed by atoms with Crippen molar-refractivity contribution in [1.29, 1.82) is 0 Å². The van der Waals surface area contributed by atoms with Crippen LogP contribution in [-0.4, -0.2) is 43.4 Å². The van der Waals surface area contributed by atoms with E-state index in [2.05, 4.69) is 36.1 Å². The molecule has 0 N–H and O–H groups in total. The van der Waals surface area contributed by atoms with Crippen molar-refractivity contribution < 1.29 is 9.47 Å². The van der Waals surface area contributed by atoms with E-state index >= 15 is 0 Å². The highest BCUT2D eigenvalue weighted by Crippen LogP contribution is 2.18. The Balaban J connectivity index is 1.61. The van der Waals surface area contributed by atoms with Crippen LogP contribution in [0.3, 0.4) is 0 Å². The molecule has 2 heterocycles. The number of ether oxygens (including phenoxy) is 2. The number of rotatable bonds is 7. The van der Waals surface area contributed by atoms with E-state index in [0.29, 0.717) is 12.2 Å². The highest BCUT2D eigenvalue weighted by molar-refractivity contribution is 5.23. The highest BCUT2D eigenvalue weighted by Gasteiger charge is 2.30. The number of aryl methyl sites for hydroxylation is 1. The van der Waals surface area contributed by atoms with Gasteiger partial charge >= 0.3 is 0 Å². The van der Waals surface area contributed by atoms with Gasteiger partial charge in [0.25, 0.3) is 0 Å². The Bertz CT molecular complexity index is 385. The van der Waals surface area contributed by atoms with Crippen LogP contribution in [0.15, 0.2) is 24.3 Å². The van der Waals surface area contributed by atoms with Crippen LogP contribution in [0.1, 0.15) is 18.1 Å². The van der Waals surface area contributed by atoms with E-state index in [-0.39, 0.29) is 0 Å². The third kappa shape index (κ3) is 3.55. The molecule has 2 saturated heterocycles. The smallest absolute Gasteiger partial charge is 0.0936 e. The average molecular weight is 247 g/mol. The van der Waals surface area contributed by atoms with Gasteiger partial charge in [0.2, 0.25) is 0 Å². The summed E-state index contributed by atoms with van der Waals surface area (Å²) in [5.41, 5.74) is 2.81. The Labute approximate surface area is 109 Å². The lowest BCUT2D eigenvalue weighted by Gasteiger charge is -2.20. The fourth-order valence-electron chi connectivity index (χ4n) is 2.33. The molecule has 3 nitrogen and oxygen atoms in total. The first-order valence-corrected chi connectivity index (χ1v) is 6.87. The lowest BCUT2D eigenvalue weighted by Crippen LogP contribution is -2.31. The first-order chi connectivity index (χ1) is 8.83. The molecule has 18 heavy (non-hydrogen) atoms. The van der Waals surface area contributed by atoms with Crippen LogP contribution in [0, 0.1) is 0 Å². The lowest BCUT2D eigenvalue weighted by atomic mass is 10.1. The number of hydrogen-bond acceptors (Lipinski definition) is 3. The largest absolute Gasteiger partial charge is 0.372 e. The quantitative estimate of drug-likeness (QED) is 0.688. The summed E-state index contributed by atoms with van der Waals surface area (Å²) in [7, 11) is 0. The summed E-state index contributed by atoms with van der Waals surface area (Å²) in [5, 5.41) is 0. The van der Waals surface area contributed by atoms with E-state index in [4.69, 9.17) is 9.47 Å². The molecule has 2 unspecified atom stereocenters. The molecule has 3 rings (SSSR count). The van der Waals surface area contributed by atoms with Gasteiger partial charge in [0.05, 0.1) is 25.4 Å². The van der Waals surface area contributed by atoms with Gasteiger partial charge in [-0.05, 0) is 17.5 Å². The number of nitrogens with zero attached hydrogens (tertiary/aromatic N) is 1. The minimum absolute atomic E-state index is 0.457. The van der Waals surface area contributed by atoms with Crippen molar-refractivity contribution >= 4 is 0 Å². The first-order valence-electron chi connectivity index (χ1n) is 6.87. The van der Waals surface area contributed by atoms with Gasteiger partial charge in [-0.25, -0.2) is 0 Å². The summed E-state index contributed by atoms with van der Waals surface area (Å²) in [4.78, 5) is 2.46. The van der Waals surface area contributed by atoms with Crippen molar-refractivity contribution in [3.8, 4) is 0 Å². The molecular formula is C15H21NO2. The van der Waals surface area contributed by atoms with Crippen LogP contribution in [0.2, 0.25) is 0 Å². The van der Waals surface area contributed by atoms with E-state index in [1.54, 1.807) is 0 Å². The van der Waals surface area contributed by atoms with Crippen molar-refractivity contribution in [2.75, 3.05) is 26.3 Å². The maximum Gasteiger partial charge on any atom is 0.0936 e. The van der Waals surface area contributed by atoms with Gasteiger partial charge in [0, 0.05) is 19.6 Å². The van der Waals surface area contributed by atoms with Crippen molar-refractivity contribution in [3.63, 3.8) is 0 Å². The Morgan fingerprint density at radius 1 is 1.11 bits per heavy atom. The van der Waals surface area contributed by atoms with Gasteiger partial charge in [-0.15, -0.1) is 0 Å². The molecule has 0 spiro atoms. The number of hydrogen-bond donors (Lipinski definition) is 0. The van der Waals surface area contributed by atoms with E-state index in [1.807, 2.05) is 0 Å². The van der Waals surface area contributed by atoms with Gasteiger partial charge in [-0.3, -0.25) is 4.90 Å². The van der Waals surface area contributed by atoms with Crippen LogP contribution in [0.4, 0.5) is 0 Å². The molecule has 2 atom stereocenters. The Morgan fingerprint density at radius 2 is 1.72 bits per heavy atom. The molecule has 1 aromatic carbocycles. The molecule has 0 bridgehead atoms. The monoisotopic (exact) mass is 247 g/mol. The van der Waals surface area contributed by atoms with Crippen molar-refractivity contribution in [2.24, 2.45) is 0 Å². The number of epoxide rings is 2. The van der Waals surface area contributed by atoms with Gasteiger partial charge in [0.1, 0.15) is 0 Å². The van der Waals surface area contributed by atoms with E-state index in [0.717, 1.165) is 39.3 Å². The predicted molar refractivity (Wildman–Crippen MR) is 70.6 cm³/mol. The SMILES string of the molecule is CCc1cccc(CN(CC2CO2)CC2CO2)c1. The van der Waals surface area contributed by atoms with E-state index < -0.39 is 0 Å². The second-order valence-corrected chi connectivity index (χ2v) is 5.28. The summed E-state index contributed by atoms with van der Waals surface area (Å²) in [6.07, 6.45) is 2.02. The summed E-state index contributed by atoms with van der Waals surface area (Å²) in [6, 6.07) is 8.89. The van der Waals surface area contributed by atoms with Crippen molar-refractivity contribution in [2.45, 2.75) is 32.1 Å². The van der Waals surface area contributed by atoms with Crippen LogP contribution < -0.4 is 0 Å². The maximum absolute atomic E-state index is 5.34. The second-order valence-electron chi connectivity index (χ2n) is 5.28. The molecule has 0 saturated carbocycles. The third-order valence-electron chi connectivity index (χ3n) is 3.53. The molecular weight excluding hydrogens is 226 g/mol. The van der Waals surface area contributed by atoms with Gasteiger partial charge in [0.15, 0.2) is 0 Å². The van der Waals surface area contributed by atoms with Crippen LogP contribution in [-0.2, 0) is 22.4 Å².